The molecule has 0 spiro atoms. The molecular weight excluding hydrogens is 1810 g/mol. The molecule has 1 heterocycles. The third-order valence-corrected chi connectivity index (χ3v) is 23.9. The van der Waals surface area contributed by atoms with Crippen LogP contribution >= 0.6 is 11.8 Å². The normalized spacial score (nSPS) is 12.2. The van der Waals surface area contributed by atoms with Crippen molar-refractivity contribution in [2.75, 3.05) is 18.6 Å². The molecule has 1 aliphatic heterocycles. The van der Waals surface area contributed by atoms with Gasteiger partial charge in [0, 0.05) is 50.6 Å². The van der Waals surface area contributed by atoms with E-state index in [0.29, 0.717) is 47.0 Å². The first-order chi connectivity index (χ1) is 67.4. The lowest BCUT2D eigenvalue weighted by Crippen LogP contribution is -2.07. The highest BCUT2D eigenvalue weighted by molar-refractivity contribution is 7.98. The molecule has 2 atom stereocenters. The van der Waals surface area contributed by atoms with E-state index in [4.69, 9.17) is 10.8 Å². The number of hydrogen-bond acceptors (Lipinski definition) is 8. The Bertz CT molecular complexity index is 3180. The minimum atomic E-state index is -0.148. The van der Waals surface area contributed by atoms with Gasteiger partial charge >= 0.3 is 0 Å². The van der Waals surface area contributed by atoms with Crippen LogP contribution in [0.5, 0.6) is 0 Å². The lowest BCUT2D eigenvalue weighted by Gasteiger charge is -2.11. The van der Waals surface area contributed by atoms with E-state index >= 15 is 0 Å². The van der Waals surface area contributed by atoms with Gasteiger partial charge in [-0.25, -0.2) is 0 Å². The van der Waals surface area contributed by atoms with Crippen LogP contribution in [0.3, 0.4) is 0 Å². The van der Waals surface area contributed by atoms with E-state index in [1.54, 1.807) is 40.2 Å². The summed E-state index contributed by atoms with van der Waals surface area (Å²) < 4.78 is 0. The summed E-state index contributed by atoms with van der Waals surface area (Å²) in [7, 11) is 0. The number of Topliss-reactive ketones (excluding diaryl/α,β-unsaturated/α-hetero) is 4. The van der Waals surface area contributed by atoms with Gasteiger partial charge in [-0.3, -0.25) is 9.98 Å². The highest BCUT2D eigenvalue weighted by atomic mass is 32.2. The molecule has 0 bridgehead atoms. The van der Waals surface area contributed by atoms with Crippen LogP contribution in [0.15, 0.2) is 107 Å². The molecule has 3 aliphatic rings. The van der Waals surface area contributed by atoms with Crippen LogP contribution in [0.4, 0.5) is 0 Å². The van der Waals surface area contributed by atoms with Crippen LogP contribution in [-0.4, -0.2) is 64.9 Å². The van der Waals surface area contributed by atoms with Crippen LogP contribution in [0, 0.1) is 143 Å². The van der Waals surface area contributed by atoms with Crippen molar-refractivity contribution in [3.63, 3.8) is 0 Å². The SMILES string of the molecule is C.CC(=O)CC(C)C.CC(=O)CC(C)C.CC(=O)CCC(C)C.CC(=O)CCC(C)C.CC(C)C.CC(C)C(C)C.CC(C)C(C)O.CC(C)C1CCCC1.CC(C)CC(C)C.CC(C)CC1=CCC=N1.CC(C)CC1=CCc2ccccc21.CC(C)Cc1ccccc1.CC(N)=NCCCC(C)C.CCC(C)C.CCC(C)C.CCC(C)C(C)C.CCCCCC(C)C.CSCCC(C)C.Cc1ccc(CC(C)C)cc1. The Kier molecular flexibility index (Phi) is 143. The second kappa shape index (κ2) is 121. The summed E-state index contributed by atoms with van der Waals surface area (Å²) in [5.74, 6) is 21.4. The standard InChI is InChI=1S/C13H16.C11H16.C10H14.C8H18N2.C8H13N.C8H16.C8H18.2C7H14O.2C7H16.2C6H12O.C6H14S.C6H14.C5H12O.2C5H12.C4H10.CH4/c1-10(2)9-12-8-7-11-5-3-4-6-13(11)12;1-9(2)8-11-6-4-10(3)5-7-11;1-9(2)8-10-6-4-3-5-7-10;1-7(2)5-4-6-10-8(3)9;1-7(2)6-8-4-3-5-9-8;1-7(2)8-5-3-4-6-8;1-4-5-6-7-8(2)3;2*1-6(2)4-5-7(3)8;1-6(2)5-7(3)4;1-5-7(4)6(2)3;2*1-5(2)4-6(3)7;1-6(2)4-5-7-3;1-5(2)6(3)4;1-4(2)5(3)6;2*1-4-5(2)3;1-4(2)3;/h3-6,8,10H,7,9H2,1-2H3;4-7,9H,8H2,1-3H3;3-7,9H,8H2,1-2H3;7H,4-6H2,1-3H3,(H2,9,10);4-5,7H,3,6H2,1-2H3;7-8H,3-6H2,1-2H3;8H,4-7H2,1-3H3;2*6H,4-5H2,1-3H3;2*6-7H,5H2,1-4H3;2*5H,4H2,1-3H3;6H,4-5H2,1-3H3;5-6H,1-4H3;4-6H,1-3H3;2*5H,4H2,1-3H3;4H,1-3H3;1H4. The van der Waals surface area contributed by atoms with Gasteiger partial charge in [-0.15, -0.1) is 0 Å². The minimum absolute atomic E-state index is 0. The molecule has 3 N–H and O–H groups in total. The third kappa shape index (κ3) is 180. The van der Waals surface area contributed by atoms with Crippen molar-refractivity contribution in [3.8, 4) is 0 Å². The molecule has 0 aromatic heterocycles. The van der Waals surface area contributed by atoms with E-state index in [9.17, 15) is 19.2 Å². The van der Waals surface area contributed by atoms with E-state index in [2.05, 4.69) is 405 Å². The molecule has 147 heavy (non-hydrogen) atoms. The zero-order valence-corrected chi connectivity index (χ0v) is 110. The molecule has 0 saturated heterocycles. The number of aliphatic hydroxyl groups excluding tert-OH is 1. The van der Waals surface area contributed by atoms with Crippen molar-refractivity contribution in [2.24, 2.45) is 152 Å². The Morgan fingerprint density at radius 2 is 0.762 bits per heavy atom. The van der Waals surface area contributed by atoms with E-state index in [1.165, 1.54) is 148 Å². The van der Waals surface area contributed by atoms with Gasteiger partial charge in [0.05, 0.1) is 11.9 Å². The maximum Gasteiger partial charge on any atom is 0.130 e. The second-order valence-electron chi connectivity index (χ2n) is 50.4. The fraction of sp³-hybridized carbons (Fsp3) is 0.797. The molecule has 2 unspecified atom stereocenters. The van der Waals surface area contributed by atoms with Gasteiger partial charge in [0.25, 0.3) is 0 Å². The minimum Gasteiger partial charge on any atom is -0.393 e. The number of aliphatic hydroxyl groups is 1. The number of carbonyl (C=O) groups is 4. The van der Waals surface area contributed by atoms with Gasteiger partial charge in [0.2, 0.25) is 0 Å². The lowest BCUT2D eigenvalue weighted by molar-refractivity contribution is -0.118. The van der Waals surface area contributed by atoms with Crippen molar-refractivity contribution in [1.29, 1.82) is 0 Å². The number of carbonyl (C=O) groups excluding carboxylic acids is 4. The summed E-state index contributed by atoms with van der Waals surface area (Å²) in [6.07, 6.45) is 41.1. The van der Waals surface area contributed by atoms with Crippen molar-refractivity contribution < 1.29 is 24.3 Å². The Balaban J connectivity index is -0.000000106. The number of allylic oxidation sites excluding steroid dienone is 4. The number of nitrogens with two attached hydrogens (primary N) is 1. The van der Waals surface area contributed by atoms with Crippen LogP contribution < -0.4 is 5.73 Å². The van der Waals surface area contributed by atoms with Crippen molar-refractivity contribution in [1.82, 2.24) is 0 Å². The molecule has 2 aliphatic carbocycles. The van der Waals surface area contributed by atoms with Crippen LogP contribution in [0.25, 0.3) is 5.57 Å². The highest BCUT2D eigenvalue weighted by Gasteiger charge is 2.18. The molecule has 3 aromatic carbocycles. The highest BCUT2D eigenvalue weighted by Crippen LogP contribution is 2.32. The Labute approximate surface area is 933 Å². The zero-order valence-electron chi connectivity index (χ0n) is 110. The number of aryl methyl sites for hydroxylation is 1. The van der Waals surface area contributed by atoms with E-state index < -0.39 is 0 Å². The Hall–Kier alpha value is -4.73. The molecule has 6 rings (SSSR count). The average Bonchev–Trinajstić information content (AvgIpc) is 1.69. The predicted molar refractivity (Wildman–Crippen MR) is 685 cm³/mol. The molecule has 3 aromatic rings. The van der Waals surface area contributed by atoms with Crippen molar-refractivity contribution >= 4 is 52.5 Å². The molecule has 0 radical (unpaired) electrons. The maximum absolute atomic E-state index is 10.3. The number of aliphatic imine (C=N–C) groups is 2. The molecule has 1 saturated carbocycles. The summed E-state index contributed by atoms with van der Waals surface area (Å²) >= 11 is 1.93. The quantitative estimate of drug-likeness (QED) is 0.0331. The number of benzene rings is 3. The maximum atomic E-state index is 10.3. The number of fused-ring (bicyclic) bond motifs is 1. The molecule has 0 amide bonds. The van der Waals surface area contributed by atoms with Crippen LogP contribution in [0.1, 0.15) is 563 Å². The van der Waals surface area contributed by atoms with Crippen molar-refractivity contribution in [2.45, 2.75) is 568 Å². The van der Waals surface area contributed by atoms with Crippen molar-refractivity contribution in [3.05, 3.63) is 125 Å². The summed E-state index contributed by atoms with van der Waals surface area (Å²) in [5, 5.41) is 8.63. The molecule has 1 fully saturated rings. The van der Waals surface area contributed by atoms with E-state index in [0.717, 1.165) is 177 Å². The summed E-state index contributed by atoms with van der Waals surface area (Å²) in [6.45, 7) is 119. The first kappa shape index (κ1) is 173. The second-order valence-corrected chi connectivity index (χ2v) is 51.4. The van der Waals surface area contributed by atoms with Gasteiger partial charge in [-0.2, -0.15) is 11.8 Å². The zero-order chi connectivity index (χ0) is 117. The number of nitrogens with zero attached hydrogens (tertiary/aromatic N) is 2. The van der Waals surface area contributed by atoms with Gasteiger partial charge < -0.3 is 30.0 Å². The van der Waals surface area contributed by atoms with E-state index in [-0.39, 0.29) is 25.1 Å². The average molecular weight is 2090 g/mol. The summed E-state index contributed by atoms with van der Waals surface area (Å²) in [4.78, 5) is 49.5. The monoisotopic (exact) mass is 2090 g/mol. The number of amidine groups is 1. The molecule has 8 nitrogen and oxygen atoms in total. The third-order valence-electron chi connectivity index (χ3n) is 23.3. The van der Waals surface area contributed by atoms with Gasteiger partial charge in [0.1, 0.15) is 23.1 Å². The fourth-order valence-corrected chi connectivity index (χ4v) is 13.0. The lowest BCUT2D eigenvalue weighted by atomic mass is 9.95. The first-order valence-corrected chi connectivity index (χ1v) is 61.3. The predicted octanol–water partition coefficient (Wildman–Crippen LogP) is 44.8. The number of rotatable bonds is 38. The number of thioether (sulfide) groups is 1. The topological polar surface area (TPSA) is 139 Å². The number of unbranched alkanes of at least 4 members (excludes halogenated alkanes) is 2. The fourth-order valence-electron chi connectivity index (χ4n) is 12.3. The van der Waals surface area contributed by atoms with Gasteiger partial charge in [0.15, 0.2) is 0 Å². The Morgan fingerprint density at radius 1 is 0.401 bits per heavy atom. The Morgan fingerprint density at radius 3 is 0.993 bits per heavy atom. The van der Waals surface area contributed by atoms with Gasteiger partial charge in [-0.1, -0.05) is 507 Å². The molecule has 9 heteroatoms. The smallest absolute Gasteiger partial charge is 0.130 e. The van der Waals surface area contributed by atoms with E-state index in [1.807, 2.05) is 66.4 Å². The summed E-state index contributed by atoms with van der Waals surface area (Å²) in [6, 6.07) is 28.2. The summed E-state index contributed by atoms with van der Waals surface area (Å²) in [5.41, 5.74) is 15.4. The number of hydrogen-bond donors (Lipinski definition) is 2. The number of ketones is 4. The van der Waals surface area contributed by atoms with Crippen LogP contribution in [-0.2, 0) is 38.4 Å². The van der Waals surface area contributed by atoms with Gasteiger partial charge in [-0.05, 0) is 295 Å². The molecule has 876 valence electrons. The largest absolute Gasteiger partial charge is 0.393 e. The first-order valence-electron chi connectivity index (χ1n) is 59.9. The van der Waals surface area contributed by atoms with Crippen LogP contribution in [0.2, 0.25) is 0 Å². The molecular formula is C138H273N3O5S.